The fourth-order valence-electron chi connectivity index (χ4n) is 0.383. The smallest absolute Gasteiger partial charge is 0.0905 e. The zero-order valence-electron chi connectivity index (χ0n) is 5.96. The Hall–Kier alpha value is 0.01000. The Morgan fingerprint density at radius 3 is 2.00 bits per heavy atom. The predicted molar refractivity (Wildman–Crippen MR) is 49.3 cm³/mol. The van der Waals surface area contributed by atoms with Crippen molar-refractivity contribution < 1.29 is 0 Å². The maximum Gasteiger partial charge on any atom is 0.0905 e. The number of amidine groups is 1. The van der Waals surface area contributed by atoms with E-state index in [1.807, 2.05) is 6.92 Å². The minimum atomic E-state index is 0. The average Bonchev–Trinajstić information content (AvgIpc) is 1.61. The van der Waals surface area contributed by atoms with Crippen LogP contribution in [0.1, 0.15) is 19.8 Å². The van der Waals surface area contributed by atoms with Crippen molar-refractivity contribution in [3.05, 3.63) is 0 Å². The molecule has 0 aliphatic carbocycles. The molecule has 0 aromatic carbocycles. The first-order valence-electron chi connectivity index (χ1n) is 2.71. The second-order valence-electron chi connectivity index (χ2n) is 2.04. The Labute approximate surface area is 73.9 Å². The highest BCUT2D eigenvalue weighted by Crippen LogP contribution is 1.90. The van der Waals surface area contributed by atoms with Crippen molar-refractivity contribution in [2.24, 2.45) is 11.5 Å². The van der Waals surface area contributed by atoms with E-state index >= 15 is 0 Å². The van der Waals surface area contributed by atoms with Gasteiger partial charge in [-0.05, 0) is 13.3 Å². The van der Waals surface area contributed by atoms with Crippen molar-refractivity contribution >= 4 is 30.6 Å². The van der Waals surface area contributed by atoms with E-state index < -0.39 is 0 Å². The Kier molecular flexibility index (Phi) is 14.9. The van der Waals surface area contributed by atoms with Crippen molar-refractivity contribution in [1.29, 1.82) is 5.41 Å². The molecule has 0 saturated heterocycles. The summed E-state index contributed by atoms with van der Waals surface area (Å²) >= 11 is 0. The number of nitrogens with one attached hydrogen (secondary N) is 1. The summed E-state index contributed by atoms with van der Waals surface area (Å²) in [6, 6.07) is 0.166. The van der Waals surface area contributed by atoms with Gasteiger partial charge in [0, 0.05) is 12.5 Å². The molecule has 0 rings (SSSR count). The van der Waals surface area contributed by atoms with Crippen LogP contribution in [0.15, 0.2) is 0 Å². The van der Waals surface area contributed by atoms with Gasteiger partial charge >= 0.3 is 0 Å². The second kappa shape index (κ2) is 9.01. The van der Waals surface area contributed by atoms with Crippen LogP contribution in [-0.4, -0.2) is 11.9 Å². The Bertz CT molecular complexity index is 85.0. The highest BCUT2D eigenvalue weighted by molar-refractivity contribution is 5.85. The fourth-order valence-corrected chi connectivity index (χ4v) is 0.383. The largest absolute Gasteiger partial charge is 0.388 e. The molecule has 0 heterocycles. The maximum atomic E-state index is 6.81. The molecule has 0 fully saturated rings. The predicted octanol–water partition coefficient (Wildman–Crippen LogP) is 0.893. The first kappa shape index (κ1) is 16.5. The van der Waals surface area contributed by atoms with Gasteiger partial charge in [0.25, 0.3) is 0 Å². The van der Waals surface area contributed by atoms with Gasteiger partial charge in [-0.3, -0.25) is 5.41 Å². The van der Waals surface area contributed by atoms with E-state index in [9.17, 15) is 0 Å². The third-order valence-corrected chi connectivity index (χ3v) is 0.869. The molecule has 0 spiro atoms. The van der Waals surface area contributed by atoms with E-state index in [4.69, 9.17) is 16.9 Å². The molecule has 0 amide bonds. The number of hydrogen-bond donors (Lipinski definition) is 3. The van der Waals surface area contributed by atoms with Gasteiger partial charge in [-0.15, -0.1) is 24.8 Å². The summed E-state index contributed by atoms with van der Waals surface area (Å²) in [5.74, 6) is 0.224. The molecular formula is C5H15Cl2N3. The Morgan fingerprint density at radius 2 is 1.90 bits per heavy atom. The summed E-state index contributed by atoms with van der Waals surface area (Å²) in [5.41, 5.74) is 10.5. The van der Waals surface area contributed by atoms with Gasteiger partial charge in [-0.1, -0.05) is 0 Å². The van der Waals surface area contributed by atoms with Gasteiger partial charge < -0.3 is 11.5 Å². The topological polar surface area (TPSA) is 75.9 Å². The van der Waals surface area contributed by atoms with E-state index in [1.54, 1.807) is 0 Å². The molecule has 10 heavy (non-hydrogen) atoms. The van der Waals surface area contributed by atoms with Crippen LogP contribution in [0.3, 0.4) is 0 Å². The first-order chi connectivity index (χ1) is 3.63. The molecule has 1 unspecified atom stereocenters. The Morgan fingerprint density at radius 1 is 1.50 bits per heavy atom. The van der Waals surface area contributed by atoms with E-state index in [0.29, 0.717) is 6.42 Å². The average molecular weight is 188 g/mol. The molecule has 64 valence electrons. The zero-order chi connectivity index (χ0) is 6.57. The summed E-state index contributed by atoms with van der Waals surface area (Å²) in [4.78, 5) is 0. The molecule has 5 heteroatoms. The van der Waals surface area contributed by atoms with Gasteiger partial charge in [0.05, 0.1) is 5.84 Å². The third-order valence-electron chi connectivity index (χ3n) is 0.869. The van der Waals surface area contributed by atoms with Crippen LogP contribution in [0.25, 0.3) is 0 Å². The van der Waals surface area contributed by atoms with Gasteiger partial charge in [-0.25, -0.2) is 0 Å². The molecule has 0 aromatic rings. The first-order valence-corrected chi connectivity index (χ1v) is 2.71. The van der Waals surface area contributed by atoms with Gasteiger partial charge in [-0.2, -0.15) is 0 Å². The van der Waals surface area contributed by atoms with Crippen LogP contribution in [0, 0.1) is 5.41 Å². The van der Waals surface area contributed by atoms with Crippen LogP contribution in [0.4, 0.5) is 0 Å². The fraction of sp³-hybridized carbons (Fsp3) is 0.800. The van der Waals surface area contributed by atoms with Gasteiger partial charge in [0.1, 0.15) is 0 Å². The lowest BCUT2D eigenvalue weighted by Crippen LogP contribution is -2.18. The second-order valence-corrected chi connectivity index (χ2v) is 2.04. The lowest BCUT2D eigenvalue weighted by Gasteiger charge is -2.00. The van der Waals surface area contributed by atoms with Gasteiger partial charge in [0.2, 0.25) is 0 Å². The van der Waals surface area contributed by atoms with Crippen molar-refractivity contribution in [1.82, 2.24) is 0 Å². The van der Waals surface area contributed by atoms with Crippen molar-refractivity contribution in [3.8, 4) is 0 Å². The molecule has 3 nitrogen and oxygen atoms in total. The van der Waals surface area contributed by atoms with Crippen LogP contribution >= 0.6 is 24.8 Å². The normalized spacial score (nSPS) is 10.6. The van der Waals surface area contributed by atoms with E-state index in [-0.39, 0.29) is 36.7 Å². The third kappa shape index (κ3) is 15.7. The highest BCUT2D eigenvalue weighted by atomic mass is 35.5. The number of halogens is 2. The summed E-state index contributed by atoms with van der Waals surface area (Å²) in [6.45, 7) is 1.91. The lowest BCUT2D eigenvalue weighted by molar-refractivity contribution is 0.684. The molecule has 1 atom stereocenters. The SMILES string of the molecule is CC(N)CCC(=N)N.Cl.Cl. The minimum absolute atomic E-state index is 0. The van der Waals surface area contributed by atoms with Crippen LogP contribution < -0.4 is 11.5 Å². The molecule has 0 bridgehead atoms. The van der Waals surface area contributed by atoms with Crippen molar-refractivity contribution in [2.45, 2.75) is 25.8 Å². The summed E-state index contributed by atoms with van der Waals surface area (Å²) < 4.78 is 0. The van der Waals surface area contributed by atoms with Crippen LogP contribution in [-0.2, 0) is 0 Å². The molecule has 0 aliphatic heterocycles. The van der Waals surface area contributed by atoms with Crippen molar-refractivity contribution in [2.75, 3.05) is 0 Å². The quantitative estimate of drug-likeness (QED) is 0.454. The summed E-state index contributed by atoms with van der Waals surface area (Å²) in [5, 5.41) is 6.81. The van der Waals surface area contributed by atoms with Crippen molar-refractivity contribution in [3.63, 3.8) is 0 Å². The van der Waals surface area contributed by atoms with Crippen LogP contribution in [0.5, 0.6) is 0 Å². The number of rotatable bonds is 3. The monoisotopic (exact) mass is 187 g/mol. The summed E-state index contributed by atoms with van der Waals surface area (Å²) in [7, 11) is 0. The standard InChI is InChI=1S/C5H13N3.2ClH/c1-4(6)2-3-5(7)8;;/h4H,2-3,6H2,1H3,(H3,7,8);2*1H. The molecular weight excluding hydrogens is 173 g/mol. The molecule has 0 aromatic heterocycles. The number of nitrogens with two attached hydrogens (primary N) is 2. The zero-order valence-corrected chi connectivity index (χ0v) is 7.60. The van der Waals surface area contributed by atoms with E-state index in [1.165, 1.54) is 0 Å². The molecule has 0 radical (unpaired) electrons. The molecule has 0 aliphatic rings. The minimum Gasteiger partial charge on any atom is -0.388 e. The lowest BCUT2D eigenvalue weighted by atomic mass is 10.2. The maximum absolute atomic E-state index is 6.81. The molecule has 0 saturated carbocycles. The number of hydrogen-bond acceptors (Lipinski definition) is 2. The van der Waals surface area contributed by atoms with Crippen LogP contribution in [0.2, 0.25) is 0 Å². The molecule has 5 N–H and O–H groups in total. The van der Waals surface area contributed by atoms with Gasteiger partial charge in [0.15, 0.2) is 0 Å². The Balaban J connectivity index is -0.000000245. The van der Waals surface area contributed by atoms with E-state index in [2.05, 4.69) is 0 Å². The van der Waals surface area contributed by atoms with E-state index in [0.717, 1.165) is 6.42 Å². The summed E-state index contributed by atoms with van der Waals surface area (Å²) in [6.07, 6.45) is 1.44. The highest BCUT2D eigenvalue weighted by Gasteiger charge is 1.93.